The number of pyridine rings is 1. The number of halogens is 4. The van der Waals surface area contributed by atoms with Crippen LogP contribution in [0, 0.1) is 23.7 Å². The van der Waals surface area contributed by atoms with Crippen molar-refractivity contribution in [2.75, 3.05) is 0 Å². The third-order valence-corrected chi connectivity index (χ3v) is 7.91. The molecule has 2 aliphatic carbocycles. The minimum absolute atomic E-state index is 0.153. The van der Waals surface area contributed by atoms with Crippen molar-refractivity contribution in [3.8, 4) is 11.1 Å². The monoisotopic (exact) mass is 473 g/mol. The zero-order valence-corrected chi connectivity index (χ0v) is 18.9. The van der Waals surface area contributed by atoms with Gasteiger partial charge in [-0.05, 0) is 67.5 Å². The van der Waals surface area contributed by atoms with Gasteiger partial charge in [0.2, 0.25) is 0 Å². The molecule has 1 aromatic heterocycles. The number of esters is 1. The molecule has 5 rings (SSSR count). The molecule has 180 valence electrons. The predicted molar refractivity (Wildman–Crippen MR) is 120 cm³/mol. The minimum Gasteiger partial charge on any atom is -0.462 e. The maximum absolute atomic E-state index is 16.8. The molecule has 3 nitrogen and oxygen atoms in total. The highest BCUT2D eigenvalue weighted by Crippen LogP contribution is 2.57. The lowest BCUT2D eigenvalue weighted by molar-refractivity contribution is -0.144. The summed E-state index contributed by atoms with van der Waals surface area (Å²) in [5.74, 6) is -1.21. The largest absolute Gasteiger partial charge is 0.462 e. The highest BCUT2D eigenvalue weighted by atomic mass is 19.4. The van der Waals surface area contributed by atoms with Crippen LogP contribution in [0.4, 0.5) is 17.6 Å². The van der Waals surface area contributed by atoms with Crippen LogP contribution in [0.5, 0.6) is 0 Å². The van der Waals surface area contributed by atoms with Crippen molar-refractivity contribution < 1.29 is 27.1 Å². The number of rotatable bonds is 3. The summed E-state index contributed by atoms with van der Waals surface area (Å²) in [6.07, 6.45) is 4.25. The lowest BCUT2D eigenvalue weighted by Gasteiger charge is -2.49. The van der Waals surface area contributed by atoms with Crippen LogP contribution < -0.4 is 0 Å². The number of fused-ring (bicyclic) bond motifs is 2. The van der Waals surface area contributed by atoms with Gasteiger partial charge in [0.15, 0.2) is 0 Å². The SMILES string of the molecule is CC1OC(=O)C2CC3CCCCC3C(F)(/C=C/c3ccc(-c4cccc(C(F)(F)F)c4)cn3)C12. The fourth-order valence-electron chi connectivity index (χ4n) is 6.37. The summed E-state index contributed by atoms with van der Waals surface area (Å²) >= 11 is 0. The van der Waals surface area contributed by atoms with Gasteiger partial charge in [-0.15, -0.1) is 0 Å². The topological polar surface area (TPSA) is 39.2 Å². The summed E-state index contributed by atoms with van der Waals surface area (Å²) in [7, 11) is 0. The maximum atomic E-state index is 16.8. The second-order valence-corrected chi connectivity index (χ2v) is 9.87. The number of alkyl halides is 4. The van der Waals surface area contributed by atoms with E-state index < -0.39 is 35.3 Å². The first kappa shape index (κ1) is 23.1. The molecule has 0 N–H and O–H groups in total. The average molecular weight is 474 g/mol. The number of carbonyl (C=O) groups is 1. The van der Waals surface area contributed by atoms with Gasteiger partial charge >= 0.3 is 12.1 Å². The molecule has 2 saturated carbocycles. The van der Waals surface area contributed by atoms with Crippen LogP contribution in [0.3, 0.4) is 0 Å². The van der Waals surface area contributed by atoms with Crippen molar-refractivity contribution in [3.05, 3.63) is 59.9 Å². The molecule has 1 aliphatic heterocycles. The lowest BCUT2D eigenvalue weighted by Crippen LogP contribution is -2.53. The van der Waals surface area contributed by atoms with Crippen molar-refractivity contribution in [2.24, 2.45) is 23.7 Å². The Bertz CT molecular complexity index is 1100. The normalized spacial score (nSPS) is 33.4. The van der Waals surface area contributed by atoms with Gasteiger partial charge in [-0.2, -0.15) is 13.2 Å². The van der Waals surface area contributed by atoms with E-state index in [2.05, 4.69) is 4.98 Å². The van der Waals surface area contributed by atoms with Crippen LogP contribution in [-0.4, -0.2) is 22.7 Å². The van der Waals surface area contributed by atoms with E-state index in [4.69, 9.17) is 4.74 Å². The Balaban J connectivity index is 1.42. The second kappa shape index (κ2) is 8.51. The molecule has 6 unspecified atom stereocenters. The number of carbonyl (C=O) groups excluding carboxylic acids is 1. The van der Waals surface area contributed by atoms with Crippen molar-refractivity contribution in [3.63, 3.8) is 0 Å². The van der Waals surface area contributed by atoms with Crippen LogP contribution in [0.25, 0.3) is 17.2 Å². The van der Waals surface area contributed by atoms with Crippen molar-refractivity contribution in [1.82, 2.24) is 4.98 Å². The van der Waals surface area contributed by atoms with E-state index in [1.54, 1.807) is 37.3 Å². The van der Waals surface area contributed by atoms with Gasteiger partial charge in [0.25, 0.3) is 0 Å². The highest BCUT2D eigenvalue weighted by molar-refractivity contribution is 5.76. The van der Waals surface area contributed by atoms with Crippen LogP contribution >= 0.6 is 0 Å². The molecule has 3 fully saturated rings. The number of cyclic esters (lactones) is 1. The van der Waals surface area contributed by atoms with Crippen LogP contribution in [0.2, 0.25) is 0 Å². The third-order valence-electron chi connectivity index (χ3n) is 7.91. The van der Waals surface area contributed by atoms with E-state index in [0.29, 0.717) is 23.2 Å². The molecule has 0 spiro atoms. The molecule has 0 amide bonds. The first-order valence-electron chi connectivity index (χ1n) is 11.9. The average Bonchev–Trinajstić information content (AvgIpc) is 3.11. The molecule has 0 radical (unpaired) electrons. The van der Waals surface area contributed by atoms with E-state index >= 15 is 4.39 Å². The Labute approximate surface area is 196 Å². The summed E-state index contributed by atoms with van der Waals surface area (Å²) in [5.41, 5.74) is -0.909. The molecule has 6 atom stereocenters. The van der Waals surface area contributed by atoms with E-state index in [0.717, 1.165) is 37.8 Å². The van der Waals surface area contributed by atoms with Gasteiger partial charge in [-0.25, -0.2) is 4.39 Å². The molecule has 2 aromatic rings. The summed E-state index contributed by atoms with van der Waals surface area (Å²) in [5, 5.41) is 0. The fraction of sp³-hybridized carbons (Fsp3) is 0.481. The molecular weight excluding hydrogens is 446 g/mol. The van der Waals surface area contributed by atoms with Crippen molar-refractivity contribution >= 4 is 12.0 Å². The summed E-state index contributed by atoms with van der Waals surface area (Å²) in [6, 6.07) is 8.45. The Morgan fingerprint density at radius 3 is 2.65 bits per heavy atom. The second-order valence-electron chi connectivity index (χ2n) is 9.87. The first-order valence-corrected chi connectivity index (χ1v) is 11.9. The standard InChI is InChI=1S/C27H27F4NO2/c1-16-24-22(25(33)34-16)14-18-5-2-3-8-23(18)26(24,28)12-11-21-10-9-19(15-32-21)17-6-4-7-20(13-17)27(29,30)31/h4,6-7,9-13,15-16,18,22-24H,2-3,5,8,14H2,1H3/b12-11+. The number of benzene rings is 1. The van der Waals surface area contributed by atoms with Gasteiger partial charge in [0, 0.05) is 17.7 Å². The van der Waals surface area contributed by atoms with Gasteiger partial charge in [-0.1, -0.05) is 37.5 Å². The summed E-state index contributed by atoms with van der Waals surface area (Å²) in [4.78, 5) is 16.8. The summed E-state index contributed by atoms with van der Waals surface area (Å²) in [6.45, 7) is 1.77. The fourth-order valence-corrected chi connectivity index (χ4v) is 6.37. The number of ether oxygens (including phenoxy) is 1. The number of hydrogen-bond donors (Lipinski definition) is 0. The summed E-state index contributed by atoms with van der Waals surface area (Å²) < 4.78 is 61.4. The molecule has 7 heteroatoms. The predicted octanol–water partition coefficient (Wildman–Crippen LogP) is 6.88. The van der Waals surface area contributed by atoms with Crippen LogP contribution in [-0.2, 0) is 15.7 Å². The molecule has 1 saturated heterocycles. The first-order chi connectivity index (χ1) is 16.2. The molecule has 0 bridgehead atoms. The van der Waals surface area contributed by atoms with Crippen molar-refractivity contribution in [2.45, 2.75) is 57.0 Å². The van der Waals surface area contributed by atoms with Gasteiger partial charge in [0.1, 0.15) is 11.8 Å². The van der Waals surface area contributed by atoms with E-state index in [9.17, 15) is 18.0 Å². The Morgan fingerprint density at radius 2 is 1.91 bits per heavy atom. The van der Waals surface area contributed by atoms with Crippen LogP contribution in [0.15, 0.2) is 48.7 Å². The molecule has 34 heavy (non-hydrogen) atoms. The van der Waals surface area contributed by atoms with Gasteiger partial charge in [0.05, 0.1) is 17.2 Å². The van der Waals surface area contributed by atoms with Gasteiger partial charge in [-0.3, -0.25) is 9.78 Å². The quantitative estimate of drug-likeness (QED) is 0.360. The zero-order chi connectivity index (χ0) is 24.1. The molecule has 2 heterocycles. The number of hydrogen-bond acceptors (Lipinski definition) is 3. The van der Waals surface area contributed by atoms with Crippen LogP contribution in [0.1, 0.15) is 50.3 Å². The maximum Gasteiger partial charge on any atom is 0.416 e. The van der Waals surface area contributed by atoms with E-state index in [1.807, 2.05) is 0 Å². The Kier molecular flexibility index (Phi) is 5.77. The minimum atomic E-state index is -4.42. The zero-order valence-electron chi connectivity index (χ0n) is 18.9. The lowest BCUT2D eigenvalue weighted by atomic mass is 9.56. The number of aromatic nitrogens is 1. The Morgan fingerprint density at radius 1 is 1.12 bits per heavy atom. The Hall–Kier alpha value is -2.70. The van der Waals surface area contributed by atoms with E-state index in [1.165, 1.54) is 12.3 Å². The molecular formula is C27H27F4NO2. The smallest absolute Gasteiger partial charge is 0.416 e. The molecule has 1 aromatic carbocycles. The number of allylic oxidation sites excluding steroid dienone is 1. The molecule has 3 aliphatic rings. The van der Waals surface area contributed by atoms with Gasteiger partial charge < -0.3 is 4.74 Å². The van der Waals surface area contributed by atoms with E-state index in [-0.39, 0.29) is 17.8 Å². The highest BCUT2D eigenvalue weighted by Gasteiger charge is 2.62. The van der Waals surface area contributed by atoms with Crippen molar-refractivity contribution in [1.29, 1.82) is 0 Å². The number of nitrogens with zero attached hydrogens (tertiary/aromatic N) is 1. The third kappa shape index (κ3) is 4.03.